The summed E-state index contributed by atoms with van der Waals surface area (Å²) >= 11 is 0. The van der Waals surface area contributed by atoms with Crippen molar-refractivity contribution < 1.29 is 0 Å². The number of rotatable bonds is 1. The molecule has 1 N–H and O–H groups in total. The van der Waals surface area contributed by atoms with Gasteiger partial charge in [0.15, 0.2) is 0 Å². The fourth-order valence-corrected chi connectivity index (χ4v) is 4.07. The maximum Gasteiger partial charge on any atom is 0.0462 e. The van der Waals surface area contributed by atoms with Crippen LogP contribution in [0.5, 0.6) is 0 Å². The van der Waals surface area contributed by atoms with E-state index in [1.54, 1.807) is 5.57 Å². The Hall–Kier alpha value is -1.54. The summed E-state index contributed by atoms with van der Waals surface area (Å²) in [6.45, 7) is 5.91. The molecule has 2 heteroatoms. The summed E-state index contributed by atoms with van der Waals surface area (Å²) in [5.74, 6) is 1.42. The van der Waals surface area contributed by atoms with Gasteiger partial charge in [-0.05, 0) is 48.1 Å². The summed E-state index contributed by atoms with van der Waals surface area (Å²) in [4.78, 5) is 5.97. The minimum atomic E-state index is 0.578. The van der Waals surface area contributed by atoms with Crippen molar-refractivity contribution in [3.8, 4) is 0 Å². The van der Waals surface area contributed by atoms with Crippen molar-refractivity contribution in [3.05, 3.63) is 41.1 Å². The highest BCUT2D eigenvalue weighted by Gasteiger charge is 2.37. The molecule has 1 aromatic heterocycles. The van der Waals surface area contributed by atoms with Crippen molar-refractivity contribution in [1.82, 2.24) is 9.88 Å². The van der Waals surface area contributed by atoms with E-state index >= 15 is 0 Å². The number of likely N-dealkylation sites (tertiary alicyclic amines) is 1. The van der Waals surface area contributed by atoms with Crippen LogP contribution in [0.2, 0.25) is 0 Å². The Morgan fingerprint density at radius 1 is 1.30 bits per heavy atom. The number of H-pyrrole nitrogens is 1. The Kier molecular flexibility index (Phi) is 2.58. The fraction of sp³-hybridized carbons (Fsp3) is 0.444. The normalized spacial score (nSPS) is 25.9. The number of hydrogen-bond donors (Lipinski definition) is 1. The number of nitrogens with one attached hydrogen (secondary N) is 1. The van der Waals surface area contributed by atoms with Gasteiger partial charge in [0, 0.05) is 29.7 Å². The molecule has 0 bridgehead atoms. The van der Waals surface area contributed by atoms with Gasteiger partial charge in [-0.25, -0.2) is 0 Å². The summed E-state index contributed by atoms with van der Waals surface area (Å²) in [5.41, 5.74) is 5.80. The molecule has 20 heavy (non-hydrogen) atoms. The molecule has 1 aromatic carbocycles. The van der Waals surface area contributed by atoms with Crippen LogP contribution in [0.25, 0.3) is 17.0 Å². The minimum Gasteiger partial charge on any atom is -0.361 e. The molecule has 1 fully saturated rings. The highest BCUT2D eigenvalue weighted by molar-refractivity contribution is 5.93. The molecule has 2 atom stereocenters. The molecular weight excluding hydrogens is 244 g/mol. The number of hydrogen-bond acceptors (Lipinski definition) is 1. The van der Waals surface area contributed by atoms with E-state index in [-0.39, 0.29) is 0 Å². The van der Waals surface area contributed by atoms with E-state index in [4.69, 9.17) is 0 Å². The number of likely N-dealkylation sites (N-methyl/N-ethyl adjacent to an activating group) is 1. The second-order valence-electron chi connectivity index (χ2n) is 6.74. The van der Waals surface area contributed by atoms with Crippen molar-refractivity contribution in [3.63, 3.8) is 0 Å². The summed E-state index contributed by atoms with van der Waals surface area (Å²) in [5, 5.41) is 1.44. The average molecular weight is 266 g/mol. The molecule has 0 saturated carbocycles. The maximum absolute atomic E-state index is 3.43. The third-order valence-corrected chi connectivity index (χ3v) is 5.19. The van der Waals surface area contributed by atoms with Crippen LogP contribution in [0.15, 0.2) is 30.0 Å². The molecular formula is C18H22N2. The van der Waals surface area contributed by atoms with Crippen LogP contribution in [0, 0.1) is 11.8 Å². The van der Waals surface area contributed by atoms with E-state index < -0.39 is 0 Å². The average Bonchev–Trinajstić information content (AvgIpc) is 2.90. The Balaban J connectivity index is 1.93. The molecule has 0 spiro atoms. The number of aromatic amines is 1. The molecule has 1 aliphatic carbocycles. The number of nitrogens with zero attached hydrogens (tertiary/aromatic N) is 1. The van der Waals surface area contributed by atoms with E-state index in [2.05, 4.69) is 61.3 Å². The predicted molar refractivity (Wildman–Crippen MR) is 84.7 cm³/mol. The molecule has 1 aliphatic heterocycles. The zero-order chi connectivity index (χ0) is 13.9. The van der Waals surface area contributed by atoms with Crippen LogP contribution >= 0.6 is 0 Å². The lowest BCUT2D eigenvalue weighted by Crippen LogP contribution is -2.27. The summed E-state index contributed by atoms with van der Waals surface area (Å²) in [6, 6.07) is 7.20. The van der Waals surface area contributed by atoms with Crippen LogP contribution in [0.1, 0.15) is 25.0 Å². The summed E-state index contributed by atoms with van der Waals surface area (Å²) < 4.78 is 0. The van der Waals surface area contributed by atoms with E-state index in [1.807, 2.05) is 0 Å². The first-order chi connectivity index (χ1) is 9.65. The summed E-state index contributed by atoms with van der Waals surface area (Å²) in [7, 11) is 2.28. The largest absolute Gasteiger partial charge is 0.361 e. The number of benzene rings is 1. The fourth-order valence-electron chi connectivity index (χ4n) is 4.07. The van der Waals surface area contributed by atoms with E-state index in [0.29, 0.717) is 17.9 Å². The third-order valence-electron chi connectivity index (χ3n) is 5.19. The van der Waals surface area contributed by atoms with Gasteiger partial charge < -0.3 is 4.98 Å². The zero-order valence-electron chi connectivity index (χ0n) is 12.5. The van der Waals surface area contributed by atoms with Crippen molar-refractivity contribution >= 4 is 17.0 Å². The molecule has 1 saturated heterocycles. The number of fused-ring (bicyclic) bond motifs is 1. The van der Waals surface area contributed by atoms with Gasteiger partial charge in [0.1, 0.15) is 0 Å². The van der Waals surface area contributed by atoms with Gasteiger partial charge in [0.05, 0.1) is 0 Å². The van der Waals surface area contributed by atoms with Gasteiger partial charge in [-0.3, -0.25) is 4.90 Å². The first kappa shape index (κ1) is 12.2. The molecule has 2 nitrogen and oxygen atoms in total. The number of aromatic nitrogens is 1. The van der Waals surface area contributed by atoms with Crippen molar-refractivity contribution in [2.45, 2.75) is 26.3 Å². The van der Waals surface area contributed by atoms with Crippen LogP contribution < -0.4 is 0 Å². The highest BCUT2D eigenvalue weighted by atomic mass is 15.2. The van der Waals surface area contributed by atoms with Crippen LogP contribution in [-0.4, -0.2) is 29.5 Å². The molecule has 4 rings (SSSR count). The molecule has 0 radical (unpaired) electrons. The predicted octanol–water partition coefficient (Wildman–Crippen LogP) is 3.69. The monoisotopic (exact) mass is 266 g/mol. The highest BCUT2D eigenvalue weighted by Crippen LogP contribution is 2.40. The van der Waals surface area contributed by atoms with Crippen LogP contribution in [0.4, 0.5) is 0 Å². The van der Waals surface area contributed by atoms with E-state index in [9.17, 15) is 0 Å². The zero-order valence-corrected chi connectivity index (χ0v) is 12.5. The Labute approximate surface area is 120 Å². The third kappa shape index (κ3) is 1.61. The van der Waals surface area contributed by atoms with Crippen LogP contribution in [-0.2, 0) is 6.42 Å². The topological polar surface area (TPSA) is 19.0 Å². The van der Waals surface area contributed by atoms with Crippen molar-refractivity contribution in [2.75, 3.05) is 13.6 Å². The van der Waals surface area contributed by atoms with Gasteiger partial charge in [0.25, 0.3) is 0 Å². The van der Waals surface area contributed by atoms with E-state index in [0.717, 1.165) is 6.42 Å². The molecule has 2 heterocycles. The smallest absolute Gasteiger partial charge is 0.0462 e. The van der Waals surface area contributed by atoms with Gasteiger partial charge in [-0.15, -0.1) is 0 Å². The first-order valence-corrected chi connectivity index (χ1v) is 7.66. The Morgan fingerprint density at radius 3 is 2.95 bits per heavy atom. The first-order valence-electron chi connectivity index (χ1n) is 7.66. The molecule has 2 aromatic rings. The molecule has 2 unspecified atom stereocenters. The van der Waals surface area contributed by atoms with Gasteiger partial charge in [-0.1, -0.05) is 32.1 Å². The Bertz CT molecular complexity index is 693. The van der Waals surface area contributed by atoms with Gasteiger partial charge in [-0.2, -0.15) is 0 Å². The molecule has 2 aliphatic rings. The SMILES string of the molecule is CC(C)C1CN(C)C2Cc3c[nH]c4cccc(c34)C=C12. The van der Waals surface area contributed by atoms with Gasteiger partial charge in [0.2, 0.25) is 0 Å². The van der Waals surface area contributed by atoms with Crippen molar-refractivity contribution in [1.29, 1.82) is 0 Å². The lowest BCUT2D eigenvalue weighted by atomic mass is 9.87. The second kappa shape index (κ2) is 4.23. The van der Waals surface area contributed by atoms with E-state index in [1.165, 1.54) is 28.6 Å². The Morgan fingerprint density at radius 2 is 2.15 bits per heavy atom. The maximum atomic E-state index is 3.43. The summed E-state index contributed by atoms with van der Waals surface area (Å²) in [6.07, 6.45) is 5.83. The second-order valence-corrected chi connectivity index (χ2v) is 6.74. The minimum absolute atomic E-state index is 0.578. The van der Waals surface area contributed by atoms with Crippen molar-refractivity contribution in [2.24, 2.45) is 11.8 Å². The van der Waals surface area contributed by atoms with Crippen LogP contribution in [0.3, 0.4) is 0 Å². The lowest BCUT2D eigenvalue weighted by Gasteiger charge is -2.19. The lowest BCUT2D eigenvalue weighted by molar-refractivity contribution is 0.304. The standard InChI is InChI=1S/C18H22N2/c1-11(2)15-10-20(3)17-8-13-9-19-16-6-4-5-12(18(13)16)7-14(15)17/h4-7,9,11,15,17,19H,8,10H2,1-3H3. The molecule has 0 amide bonds. The van der Waals surface area contributed by atoms with Gasteiger partial charge >= 0.3 is 0 Å². The molecule has 104 valence electrons. The quantitative estimate of drug-likeness (QED) is 0.834.